The highest BCUT2D eigenvalue weighted by molar-refractivity contribution is 7.98. The molecule has 5 heteroatoms. The third kappa shape index (κ3) is 3.50. The van der Waals surface area contributed by atoms with Crippen molar-refractivity contribution in [1.29, 1.82) is 0 Å². The summed E-state index contributed by atoms with van der Waals surface area (Å²) in [5.41, 5.74) is 2.21. The number of hydrogen-bond acceptors (Lipinski definition) is 4. The molecule has 2 aromatic rings. The number of aryl methyl sites for hydroxylation is 1. The molecule has 0 radical (unpaired) electrons. The predicted octanol–water partition coefficient (Wildman–Crippen LogP) is 2.93. The average molecular weight is 262 g/mol. The zero-order chi connectivity index (χ0) is 12.8. The minimum Gasteiger partial charge on any atom is -0.385 e. The molecule has 0 fully saturated rings. The fraction of sp³-hybridized carbons (Fsp3) is 0.385. The van der Waals surface area contributed by atoms with Gasteiger partial charge in [0.05, 0.1) is 5.69 Å². The maximum absolute atomic E-state index is 4.38. The Labute approximate surface area is 112 Å². The summed E-state index contributed by atoms with van der Waals surface area (Å²) in [4.78, 5) is 8.66. The molecule has 2 rings (SSSR count). The molecule has 18 heavy (non-hydrogen) atoms. The number of thioether (sulfide) groups is 1. The van der Waals surface area contributed by atoms with Gasteiger partial charge in [0.2, 0.25) is 0 Å². The smallest absolute Gasteiger partial charge is 0.168 e. The molecule has 0 amide bonds. The predicted molar refractivity (Wildman–Crippen MR) is 75.8 cm³/mol. The second-order valence-electron chi connectivity index (χ2n) is 4.07. The Balaban J connectivity index is 1.95. The first-order valence-electron chi connectivity index (χ1n) is 6.08. The van der Waals surface area contributed by atoms with Crippen LogP contribution in [0.2, 0.25) is 0 Å². The maximum atomic E-state index is 4.38. The van der Waals surface area contributed by atoms with Crippen molar-refractivity contribution in [3.05, 3.63) is 36.4 Å². The highest BCUT2D eigenvalue weighted by atomic mass is 32.2. The van der Waals surface area contributed by atoms with E-state index in [0.29, 0.717) is 0 Å². The van der Waals surface area contributed by atoms with Crippen LogP contribution in [0.15, 0.2) is 35.9 Å². The minimum atomic E-state index is 0.840. The molecule has 1 N–H and O–H groups in total. The summed E-state index contributed by atoms with van der Waals surface area (Å²) >= 11 is 1.70. The van der Waals surface area contributed by atoms with Crippen LogP contribution in [0, 0.1) is 0 Å². The Morgan fingerprint density at radius 3 is 2.94 bits per heavy atom. The Hall–Kier alpha value is -1.49. The van der Waals surface area contributed by atoms with Gasteiger partial charge in [-0.15, -0.1) is 0 Å². The first-order chi connectivity index (χ1) is 8.79. The van der Waals surface area contributed by atoms with Crippen molar-refractivity contribution in [2.45, 2.75) is 24.3 Å². The van der Waals surface area contributed by atoms with Crippen molar-refractivity contribution in [2.24, 2.45) is 7.05 Å². The number of hydrogen-bond donors (Lipinski definition) is 1. The van der Waals surface area contributed by atoms with E-state index in [1.807, 2.05) is 36.3 Å². The zero-order valence-electron chi connectivity index (χ0n) is 10.8. The second kappa shape index (κ2) is 6.44. The molecule has 2 heterocycles. The van der Waals surface area contributed by atoms with E-state index in [1.54, 1.807) is 11.8 Å². The van der Waals surface area contributed by atoms with Gasteiger partial charge < -0.3 is 9.88 Å². The number of pyridine rings is 1. The van der Waals surface area contributed by atoms with Gasteiger partial charge in [-0.05, 0) is 18.6 Å². The van der Waals surface area contributed by atoms with Gasteiger partial charge in [0, 0.05) is 43.6 Å². The van der Waals surface area contributed by atoms with Crippen molar-refractivity contribution in [1.82, 2.24) is 14.5 Å². The first kappa shape index (κ1) is 13.0. The fourth-order valence-electron chi connectivity index (χ4n) is 1.57. The summed E-state index contributed by atoms with van der Waals surface area (Å²) in [6.07, 6.45) is 6.75. The van der Waals surface area contributed by atoms with Crippen LogP contribution in [-0.2, 0) is 12.8 Å². The van der Waals surface area contributed by atoms with E-state index >= 15 is 0 Å². The molecule has 96 valence electrons. The molecule has 0 atom stereocenters. The van der Waals surface area contributed by atoms with Gasteiger partial charge in [-0.2, -0.15) is 0 Å². The molecule has 0 unspecified atom stereocenters. The van der Waals surface area contributed by atoms with Crippen molar-refractivity contribution in [2.75, 3.05) is 11.9 Å². The molecule has 0 saturated carbocycles. The van der Waals surface area contributed by atoms with E-state index in [2.05, 4.69) is 28.3 Å². The van der Waals surface area contributed by atoms with Crippen LogP contribution in [-0.4, -0.2) is 21.1 Å². The Morgan fingerprint density at radius 2 is 2.22 bits per heavy atom. The van der Waals surface area contributed by atoms with Crippen LogP contribution in [0.1, 0.15) is 19.0 Å². The zero-order valence-corrected chi connectivity index (χ0v) is 11.6. The van der Waals surface area contributed by atoms with Crippen molar-refractivity contribution >= 4 is 17.4 Å². The number of rotatable bonds is 6. The lowest BCUT2D eigenvalue weighted by molar-refractivity contribution is 0.789. The number of aromatic nitrogens is 3. The summed E-state index contributed by atoms with van der Waals surface area (Å²) in [6, 6.07) is 4.11. The maximum Gasteiger partial charge on any atom is 0.168 e. The average Bonchev–Trinajstić information content (AvgIpc) is 2.80. The highest BCUT2D eigenvalue weighted by Crippen LogP contribution is 2.20. The van der Waals surface area contributed by atoms with Gasteiger partial charge in [0.25, 0.3) is 0 Å². The molecule has 2 aromatic heterocycles. The molecule has 0 aliphatic carbocycles. The molecule has 4 nitrogen and oxygen atoms in total. The largest absolute Gasteiger partial charge is 0.385 e. The van der Waals surface area contributed by atoms with E-state index in [0.717, 1.165) is 35.3 Å². The summed E-state index contributed by atoms with van der Waals surface area (Å²) < 4.78 is 2.02. The number of anilines is 1. The van der Waals surface area contributed by atoms with E-state index in [-0.39, 0.29) is 0 Å². The Kier molecular flexibility index (Phi) is 4.64. The molecule has 0 spiro atoms. The molecule has 0 bridgehead atoms. The van der Waals surface area contributed by atoms with E-state index < -0.39 is 0 Å². The van der Waals surface area contributed by atoms with Crippen LogP contribution in [0.5, 0.6) is 0 Å². The Bertz CT molecular complexity index is 495. The molecule has 0 saturated heterocycles. The first-order valence-corrected chi connectivity index (χ1v) is 7.07. The van der Waals surface area contributed by atoms with Gasteiger partial charge in [-0.3, -0.25) is 4.98 Å². The standard InChI is InChI=1S/C13H18N4S/c1-3-5-14-11-4-6-15-12(9-11)10-18-13-16-7-8-17(13)2/h4,6-9H,3,5,10H2,1-2H3,(H,14,15). The van der Waals surface area contributed by atoms with Crippen molar-refractivity contribution < 1.29 is 0 Å². The van der Waals surface area contributed by atoms with Gasteiger partial charge >= 0.3 is 0 Å². The van der Waals surface area contributed by atoms with Crippen LogP contribution < -0.4 is 5.32 Å². The normalized spacial score (nSPS) is 10.6. The summed E-state index contributed by atoms with van der Waals surface area (Å²) in [5, 5.41) is 4.39. The van der Waals surface area contributed by atoms with E-state index in [1.165, 1.54) is 0 Å². The fourth-order valence-corrected chi connectivity index (χ4v) is 2.40. The quantitative estimate of drug-likeness (QED) is 0.813. The van der Waals surface area contributed by atoms with Gasteiger partial charge in [-0.1, -0.05) is 18.7 Å². The third-order valence-corrected chi connectivity index (χ3v) is 3.61. The second-order valence-corrected chi connectivity index (χ2v) is 5.01. The van der Waals surface area contributed by atoms with Crippen molar-refractivity contribution in [3.63, 3.8) is 0 Å². The van der Waals surface area contributed by atoms with Crippen LogP contribution in [0.4, 0.5) is 5.69 Å². The SMILES string of the molecule is CCCNc1ccnc(CSc2nccn2C)c1. The molecular formula is C13H18N4S. The topological polar surface area (TPSA) is 42.7 Å². The monoisotopic (exact) mass is 262 g/mol. The number of nitrogens with zero attached hydrogens (tertiary/aromatic N) is 3. The van der Waals surface area contributed by atoms with Crippen LogP contribution in [0.3, 0.4) is 0 Å². The highest BCUT2D eigenvalue weighted by Gasteiger charge is 2.02. The van der Waals surface area contributed by atoms with Gasteiger partial charge in [0.15, 0.2) is 5.16 Å². The third-order valence-electron chi connectivity index (χ3n) is 2.52. The van der Waals surface area contributed by atoms with E-state index in [9.17, 15) is 0 Å². The summed E-state index contributed by atoms with van der Waals surface area (Å²) in [5.74, 6) is 0.840. The van der Waals surface area contributed by atoms with Gasteiger partial charge in [-0.25, -0.2) is 4.98 Å². The summed E-state index contributed by atoms with van der Waals surface area (Å²) in [7, 11) is 2.00. The molecule has 0 aliphatic heterocycles. The van der Waals surface area contributed by atoms with Gasteiger partial charge in [0.1, 0.15) is 0 Å². The van der Waals surface area contributed by atoms with Crippen LogP contribution in [0.25, 0.3) is 0 Å². The number of nitrogens with one attached hydrogen (secondary N) is 1. The van der Waals surface area contributed by atoms with E-state index in [4.69, 9.17) is 0 Å². The lowest BCUT2D eigenvalue weighted by atomic mass is 10.3. The van der Waals surface area contributed by atoms with Crippen molar-refractivity contribution in [3.8, 4) is 0 Å². The molecule has 0 aliphatic rings. The number of imidazole rings is 1. The van der Waals surface area contributed by atoms with Crippen LogP contribution >= 0.6 is 11.8 Å². The lowest BCUT2D eigenvalue weighted by Crippen LogP contribution is -2.00. The minimum absolute atomic E-state index is 0.840. The summed E-state index contributed by atoms with van der Waals surface area (Å²) in [6.45, 7) is 3.15. The molecular weight excluding hydrogens is 244 g/mol. The Morgan fingerprint density at radius 1 is 1.33 bits per heavy atom. The molecule has 0 aromatic carbocycles. The lowest BCUT2D eigenvalue weighted by Gasteiger charge is -2.06.